The molecule has 0 heterocycles. The fraction of sp³-hybridized carbons (Fsp3) is 0.200. The van der Waals surface area contributed by atoms with E-state index in [1.165, 1.54) is 19.2 Å². The lowest BCUT2D eigenvalue weighted by Gasteiger charge is -2.12. The van der Waals surface area contributed by atoms with Gasteiger partial charge in [0, 0.05) is 5.56 Å². The Kier molecular flexibility index (Phi) is 4.13. The third-order valence-electron chi connectivity index (χ3n) is 1.96. The molecule has 0 aliphatic rings. The summed E-state index contributed by atoms with van der Waals surface area (Å²) < 4.78 is 43.0. The molecule has 0 fully saturated rings. The standard InChI is InChI=1S/C10H10F3N3O2/c1-18-8-4-2-3-7(10(11,12)13)6(8)5-15-16-9(14)17/h2-5H,1H3,(H3,14,16,17). The van der Waals surface area contributed by atoms with Crippen LogP contribution in [0.5, 0.6) is 5.75 Å². The Labute approximate surface area is 100 Å². The van der Waals surface area contributed by atoms with E-state index in [0.717, 1.165) is 12.3 Å². The van der Waals surface area contributed by atoms with Gasteiger partial charge in [0.15, 0.2) is 0 Å². The minimum Gasteiger partial charge on any atom is -0.496 e. The number of ether oxygens (including phenoxy) is 1. The van der Waals surface area contributed by atoms with E-state index in [9.17, 15) is 18.0 Å². The highest BCUT2D eigenvalue weighted by Crippen LogP contribution is 2.34. The van der Waals surface area contributed by atoms with Gasteiger partial charge in [0.1, 0.15) is 5.75 Å². The second-order valence-electron chi connectivity index (χ2n) is 3.15. The quantitative estimate of drug-likeness (QED) is 0.642. The Morgan fingerprint density at radius 3 is 2.67 bits per heavy atom. The number of nitrogens with zero attached hydrogens (tertiary/aromatic N) is 1. The van der Waals surface area contributed by atoms with Crippen LogP contribution in [-0.2, 0) is 6.18 Å². The van der Waals surface area contributed by atoms with Gasteiger partial charge in [0.2, 0.25) is 0 Å². The average Bonchev–Trinajstić information content (AvgIpc) is 2.27. The average molecular weight is 261 g/mol. The Hall–Kier alpha value is -2.25. The fourth-order valence-electron chi connectivity index (χ4n) is 1.26. The molecule has 3 N–H and O–H groups in total. The molecule has 2 amide bonds. The first kappa shape index (κ1) is 13.8. The summed E-state index contributed by atoms with van der Waals surface area (Å²) in [6.45, 7) is 0. The van der Waals surface area contributed by atoms with Crippen LogP contribution in [0.15, 0.2) is 23.3 Å². The third kappa shape index (κ3) is 3.37. The molecule has 1 aromatic carbocycles. The molecule has 0 saturated carbocycles. The lowest BCUT2D eigenvalue weighted by atomic mass is 10.1. The first-order valence-electron chi connectivity index (χ1n) is 4.69. The number of methoxy groups -OCH3 is 1. The number of alkyl halides is 3. The SMILES string of the molecule is COc1cccc(C(F)(F)F)c1C=NNC(N)=O. The molecular formula is C10H10F3N3O2. The van der Waals surface area contributed by atoms with Crippen molar-refractivity contribution >= 4 is 12.2 Å². The first-order valence-corrected chi connectivity index (χ1v) is 4.69. The van der Waals surface area contributed by atoms with Crippen molar-refractivity contribution in [3.05, 3.63) is 29.3 Å². The minimum absolute atomic E-state index is 0.0140. The molecule has 0 atom stereocenters. The molecule has 8 heteroatoms. The lowest BCUT2D eigenvalue weighted by molar-refractivity contribution is -0.137. The van der Waals surface area contributed by atoms with Crippen LogP contribution < -0.4 is 15.9 Å². The molecule has 0 unspecified atom stereocenters. The maximum atomic E-state index is 12.7. The predicted octanol–water partition coefficient (Wildman–Crippen LogP) is 1.72. The number of hydrogen-bond acceptors (Lipinski definition) is 3. The topological polar surface area (TPSA) is 76.7 Å². The van der Waals surface area contributed by atoms with Crippen molar-refractivity contribution in [2.45, 2.75) is 6.18 Å². The van der Waals surface area contributed by atoms with Crippen LogP contribution in [0.4, 0.5) is 18.0 Å². The number of carbonyl (C=O) groups is 1. The van der Waals surface area contributed by atoms with E-state index < -0.39 is 17.8 Å². The summed E-state index contributed by atoms with van der Waals surface area (Å²) in [7, 11) is 1.23. The Morgan fingerprint density at radius 1 is 1.50 bits per heavy atom. The molecule has 5 nitrogen and oxygen atoms in total. The van der Waals surface area contributed by atoms with Crippen molar-refractivity contribution in [3.63, 3.8) is 0 Å². The zero-order valence-corrected chi connectivity index (χ0v) is 9.28. The minimum atomic E-state index is -4.55. The largest absolute Gasteiger partial charge is 0.496 e. The van der Waals surface area contributed by atoms with Crippen LogP contribution in [0.2, 0.25) is 0 Å². The van der Waals surface area contributed by atoms with Crippen molar-refractivity contribution in [2.75, 3.05) is 7.11 Å². The molecule has 0 aliphatic carbocycles. The second kappa shape index (κ2) is 5.39. The number of nitrogens with one attached hydrogen (secondary N) is 1. The van der Waals surface area contributed by atoms with Crippen molar-refractivity contribution in [1.29, 1.82) is 0 Å². The molecule has 98 valence electrons. The zero-order valence-electron chi connectivity index (χ0n) is 9.28. The number of amides is 2. The number of nitrogens with two attached hydrogens (primary N) is 1. The number of hydrogen-bond donors (Lipinski definition) is 2. The van der Waals surface area contributed by atoms with E-state index in [0.29, 0.717) is 0 Å². The van der Waals surface area contributed by atoms with Gasteiger partial charge in [0.05, 0.1) is 18.9 Å². The zero-order chi connectivity index (χ0) is 13.8. The molecule has 0 aromatic heterocycles. The smallest absolute Gasteiger partial charge is 0.417 e. The summed E-state index contributed by atoms with van der Waals surface area (Å²) in [5, 5.41) is 3.29. The Morgan fingerprint density at radius 2 is 2.17 bits per heavy atom. The molecule has 0 bridgehead atoms. The predicted molar refractivity (Wildman–Crippen MR) is 58.3 cm³/mol. The van der Waals surface area contributed by atoms with Gasteiger partial charge < -0.3 is 10.5 Å². The second-order valence-corrected chi connectivity index (χ2v) is 3.15. The molecule has 0 radical (unpaired) electrons. The fourth-order valence-corrected chi connectivity index (χ4v) is 1.26. The van der Waals surface area contributed by atoms with Crippen LogP contribution in [-0.4, -0.2) is 19.4 Å². The maximum Gasteiger partial charge on any atom is 0.417 e. The first-order chi connectivity index (χ1) is 8.36. The molecule has 0 aliphatic heterocycles. The monoisotopic (exact) mass is 261 g/mol. The number of carbonyl (C=O) groups excluding carboxylic acids is 1. The molecular weight excluding hydrogens is 251 g/mol. The van der Waals surface area contributed by atoms with Gasteiger partial charge in [-0.05, 0) is 12.1 Å². The normalized spacial score (nSPS) is 11.6. The Balaban J connectivity index is 3.20. The summed E-state index contributed by atoms with van der Waals surface area (Å²) in [6.07, 6.45) is -3.73. The number of hydrazone groups is 1. The van der Waals surface area contributed by atoms with Crippen molar-refractivity contribution in [2.24, 2.45) is 10.8 Å². The molecule has 1 rings (SSSR count). The van der Waals surface area contributed by atoms with Crippen LogP contribution in [0, 0.1) is 0 Å². The van der Waals surface area contributed by atoms with E-state index in [2.05, 4.69) is 5.10 Å². The highest BCUT2D eigenvalue weighted by molar-refractivity contribution is 5.87. The molecule has 18 heavy (non-hydrogen) atoms. The summed E-state index contributed by atoms with van der Waals surface area (Å²) in [5.74, 6) is -0.0140. The Bertz CT molecular complexity index is 472. The molecule has 0 saturated heterocycles. The number of primary amides is 1. The van der Waals surface area contributed by atoms with Crippen LogP contribution >= 0.6 is 0 Å². The van der Waals surface area contributed by atoms with Gasteiger partial charge in [-0.2, -0.15) is 18.3 Å². The third-order valence-corrected chi connectivity index (χ3v) is 1.96. The summed E-state index contributed by atoms with van der Waals surface area (Å²) in [6, 6.07) is 2.46. The van der Waals surface area contributed by atoms with Gasteiger partial charge in [-0.3, -0.25) is 0 Å². The van der Waals surface area contributed by atoms with Crippen LogP contribution in [0.1, 0.15) is 11.1 Å². The van der Waals surface area contributed by atoms with Crippen molar-refractivity contribution < 1.29 is 22.7 Å². The van der Waals surface area contributed by atoms with E-state index in [-0.39, 0.29) is 11.3 Å². The highest BCUT2D eigenvalue weighted by atomic mass is 19.4. The summed E-state index contributed by atoms with van der Waals surface area (Å²) in [5.41, 5.74) is 5.33. The highest BCUT2D eigenvalue weighted by Gasteiger charge is 2.34. The van der Waals surface area contributed by atoms with E-state index in [4.69, 9.17) is 10.5 Å². The van der Waals surface area contributed by atoms with Gasteiger partial charge in [-0.15, -0.1) is 0 Å². The number of urea groups is 1. The summed E-state index contributed by atoms with van der Waals surface area (Å²) in [4.78, 5) is 10.4. The number of benzene rings is 1. The van der Waals surface area contributed by atoms with Gasteiger partial charge in [-0.25, -0.2) is 10.2 Å². The number of halogens is 3. The van der Waals surface area contributed by atoms with Crippen molar-refractivity contribution in [1.82, 2.24) is 5.43 Å². The number of rotatable bonds is 3. The van der Waals surface area contributed by atoms with Gasteiger partial charge >= 0.3 is 12.2 Å². The van der Waals surface area contributed by atoms with Gasteiger partial charge in [0.25, 0.3) is 0 Å². The van der Waals surface area contributed by atoms with E-state index in [1.54, 1.807) is 0 Å². The summed E-state index contributed by atoms with van der Waals surface area (Å²) >= 11 is 0. The maximum absolute atomic E-state index is 12.7. The van der Waals surface area contributed by atoms with Crippen LogP contribution in [0.25, 0.3) is 0 Å². The molecule has 1 aromatic rings. The van der Waals surface area contributed by atoms with Crippen molar-refractivity contribution in [3.8, 4) is 5.75 Å². The van der Waals surface area contributed by atoms with Crippen LogP contribution in [0.3, 0.4) is 0 Å². The molecule has 0 spiro atoms. The van der Waals surface area contributed by atoms with E-state index >= 15 is 0 Å². The lowest BCUT2D eigenvalue weighted by Crippen LogP contribution is -2.24. The van der Waals surface area contributed by atoms with E-state index in [1.807, 2.05) is 5.43 Å². The van der Waals surface area contributed by atoms with Gasteiger partial charge in [-0.1, -0.05) is 6.07 Å².